The van der Waals surface area contributed by atoms with Gasteiger partial charge in [-0.05, 0) is 18.3 Å². The summed E-state index contributed by atoms with van der Waals surface area (Å²) in [5.41, 5.74) is 0. The summed E-state index contributed by atoms with van der Waals surface area (Å²) in [6.07, 6.45) is 4.14. The Kier molecular flexibility index (Phi) is 3.57. The molecule has 1 saturated heterocycles. The van der Waals surface area contributed by atoms with Gasteiger partial charge in [0.05, 0.1) is 6.61 Å². The van der Waals surface area contributed by atoms with Gasteiger partial charge < -0.3 is 4.74 Å². The fourth-order valence-electron chi connectivity index (χ4n) is 1.94. The maximum absolute atomic E-state index is 11.0. The molecule has 1 rings (SSSR count). The van der Waals surface area contributed by atoms with Crippen LogP contribution in [0.3, 0.4) is 0 Å². The van der Waals surface area contributed by atoms with Crippen LogP contribution in [0.2, 0.25) is 0 Å². The minimum atomic E-state index is -0.00537. The lowest BCUT2D eigenvalue weighted by Crippen LogP contribution is -2.30. The van der Waals surface area contributed by atoms with Gasteiger partial charge in [0.25, 0.3) is 0 Å². The predicted octanol–water partition coefficient (Wildman–Crippen LogP) is 2.38. The molecular formula is C10H18O2. The van der Waals surface area contributed by atoms with Gasteiger partial charge in [-0.1, -0.05) is 26.7 Å². The van der Waals surface area contributed by atoms with Crippen molar-refractivity contribution in [3.8, 4) is 0 Å². The Balaban J connectivity index is 2.44. The van der Waals surface area contributed by atoms with Crippen molar-refractivity contribution in [1.29, 1.82) is 0 Å². The summed E-state index contributed by atoms with van der Waals surface area (Å²) in [5.74, 6) is 1.19. The van der Waals surface area contributed by atoms with Gasteiger partial charge in [-0.15, -0.1) is 0 Å². The smallest absolute Gasteiger partial charge is 0.306 e. The number of carbonyl (C=O) groups excluding carboxylic acids is 1. The molecule has 0 aliphatic carbocycles. The molecule has 0 radical (unpaired) electrons. The Morgan fingerprint density at radius 3 is 2.75 bits per heavy atom. The van der Waals surface area contributed by atoms with Gasteiger partial charge in [0.15, 0.2) is 0 Å². The van der Waals surface area contributed by atoms with Crippen LogP contribution in [0, 0.1) is 11.8 Å². The third-order valence-electron chi connectivity index (χ3n) is 2.74. The van der Waals surface area contributed by atoms with Crippen molar-refractivity contribution in [2.45, 2.75) is 39.5 Å². The van der Waals surface area contributed by atoms with Crippen molar-refractivity contribution in [3.05, 3.63) is 0 Å². The molecule has 0 amide bonds. The molecular weight excluding hydrogens is 152 g/mol. The molecule has 2 heteroatoms. The highest BCUT2D eigenvalue weighted by molar-refractivity contribution is 5.70. The molecule has 2 atom stereocenters. The fraction of sp³-hybridized carbons (Fsp3) is 0.900. The number of cyclic esters (lactones) is 1. The van der Waals surface area contributed by atoms with Crippen LogP contribution in [0.15, 0.2) is 0 Å². The molecule has 0 N–H and O–H groups in total. The second kappa shape index (κ2) is 4.48. The normalized spacial score (nSPS) is 30.0. The topological polar surface area (TPSA) is 26.3 Å². The lowest BCUT2D eigenvalue weighted by Gasteiger charge is -2.29. The van der Waals surface area contributed by atoms with Gasteiger partial charge in [-0.25, -0.2) is 0 Å². The molecule has 2 unspecified atom stereocenters. The summed E-state index contributed by atoms with van der Waals surface area (Å²) in [7, 11) is 0. The number of hydrogen-bond donors (Lipinski definition) is 0. The average molecular weight is 170 g/mol. The number of carbonyl (C=O) groups is 1. The van der Waals surface area contributed by atoms with Gasteiger partial charge in [-0.3, -0.25) is 4.79 Å². The Labute approximate surface area is 74.3 Å². The predicted molar refractivity (Wildman–Crippen MR) is 47.8 cm³/mol. The van der Waals surface area contributed by atoms with E-state index in [-0.39, 0.29) is 5.97 Å². The quantitative estimate of drug-likeness (QED) is 0.608. The maximum Gasteiger partial charge on any atom is 0.306 e. The van der Waals surface area contributed by atoms with E-state index in [1.54, 1.807) is 0 Å². The van der Waals surface area contributed by atoms with Crippen molar-refractivity contribution >= 4 is 5.97 Å². The highest BCUT2D eigenvalue weighted by atomic mass is 16.5. The molecule has 70 valence electrons. The Morgan fingerprint density at radius 1 is 1.42 bits per heavy atom. The van der Waals surface area contributed by atoms with Crippen LogP contribution in [-0.2, 0) is 9.53 Å². The van der Waals surface area contributed by atoms with Crippen molar-refractivity contribution < 1.29 is 9.53 Å². The Hall–Kier alpha value is -0.530. The Bertz CT molecular complexity index is 154. The van der Waals surface area contributed by atoms with Crippen LogP contribution >= 0.6 is 0 Å². The van der Waals surface area contributed by atoms with Gasteiger partial charge in [0.2, 0.25) is 0 Å². The van der Waals surface area contributed by atoms with Gasteiger partial charge in [0.1, 0.15) is 0 Å². The second-order valence-corrected chi connectivity index (χ2v) is 3.60. The van der Waals surface area contributed by atoms with Gasteiger partial charge in [0, 0.05) is 6.42 Å². The van der Waals surface area contributed by atoms with E-state index in [1.807, 2.05) is 0 Å². The molecule has 0 spiro atoms. The monoisotopic (exact) mass is 170 g/mol. The average Bonchev–Trinajstić information content (AvgIpc) is 2.08. The standard InChI is InChI=1S/C10H18O2/c1-3-5-9-7-12-10(11)6-8(9)4-2/h8-9H,3-7H2,1-2H3. The van der Waals surface area contributed by atoms with Gasteiger partial charge in [-0.2, -0.15) is 0 Å². The van der Waals surface area contributed by atoms with Gasteiger partial charge >= 0.3 is 5.97 Å². The van der Waals surface area contributed by atoms with E-state index >= 15 is 0 Å². The molecule has 12 heavy (non-hydrogen) atoms. The Morgan fingerprint density at radius 2 is 2.17 bits per heavy atom. The van der Waals surface area contributed by atoms with Crippen LogP contribution < -0.4 is 0 Å². The van der Waals surface area contributed by atoms with Crippen molar-refractivity contribution in [3.63, 3.8) is 0 Å². The summed E-state index contributed by atoms with van der Waals surface area (Å²) >= 11 is 0. The maximum atomic E-state index is 11.0. The molecule has 0 aromatic heterocycles. The van der Waals surface area contributed by atoms with E-state index in [4.69, 9.17) is 4.74 Å². The van der Waals surface area contributed by atoms with Crippen molar-refractivity contribution in [2.24, 2.45) is 11.8 Å². The van der Waals surface area contributed by atoms with Crippen LogP contribution in [0.5, 0.6) is 0 Å². The molecule has 1 aliphatic heterocycles. The number of hydrogen-bond acceptors (Lipinski definition) is 2. The second-order valence-electron chi connectivity index (χ2n) is 3.60. The number of esters is 1. The van der Waals surface area contributed by atoms with Crippen LogP contribution in [0.25, 0.3) is 0 Å². The fourth-order valence-corrected chi connectivity index (χ4v) is 1.94. The van der Waals surface area contributed by atoms with Crippen LogP contribution in [0.1, 0.15) is 39.5 Å². The zero-order valence-corrected chi connectivity index (χ0v) is 8.01. The summed E-state index contributed by atoms with van der Waals surface area (Å²) < 4.78 is 5.04. The summed E-state index contributed by atoms with van der Waals surface area (Å²) in [6, 6.07) is 0. The molecule has 1 heterocycles. The molecule has 2 nitrogen and oxygen atoms in total. The van der Waals surface area contributed by atoms with E-state index in [0.717, 1.165) is 6.42 Å². The first kappa shape index (κ1) is 9.56. The number of ether oxygens (including phenoxy) is 1. The van der Waals surface area contributed by atoms with E-state index in [9.17, 15) is 4.79 Å². The molecule has 0 aromatic carbocycles. The van der Waals surface area contributed by atoms with Crippen LogP contribution in [0.4, 0.5) is 0 Å². The summed E-state index contributed by atoms with van der Waals surface area (Å²) in [5, 5.41) is 0. The highest BCUT2D eigenvalue weighted by Crippen LogP contribution is 2.28. The first-order valence-corrected chi connectivity index (χ1v) is 4.93. The number of rotatable bonds is 3. The van der Waals surface area contributed by atoms with Crippen LogP contribution in [-0.4, -0.2) is 12.6 Å². The molecule has 0 bridgehead atoms. The summed E-state index contributed by atoms with van der Waals surface area (Å²) in [6.45, 7) is 5.00. The SMILES string of the molecule is CCCC1COC(=O)CC1CC. The molecule has 0 saturated carbocycles. The minimum Gasteiger partial charge on any atom is -0.465 e. The van der Waals surface area contributed by atoms with E-state index in [1.165, 1.54) is 12.8 Å². The first-order chi connectivity index (χ1) is 5.77. The lowest BCUT2D eigenvalue weighted by atomic mass is 9.83. The molecule has 0 aromatic rings. The van der Waals surface area contributed by atoms with Crippen molar-refractivity contribution in [2.75, 3.05) is 6.61 Å². The third kappa shape index (κ3) is 2.23. The summed E-state index contributed by atoms with van der Waals surface area (Å²) in [4.78, 5) is 11.0. The first-order valence-electron chi connectivity index (χ1n) is 4.93. The van der Waals surface area contributed by atoms with E-state index in [0.29, 0.717) is 24.9 Å². The van der Waals surface area contributed by atoms with E-state index < -0.39 is 0 Å². The third-order valence-corrected chi connectivity index (χ3v) is 2.74. The zero-order valence-electron chi connectivity index (χ0n) is 8.01. The van der Waals surface area contributed by atoms with E-state index in [2.05, 4.69) is 13.8 Å². The zero-order chi connectivity index (χ0) is 8.97. The molecule has 1 fully saturated rings. The lowest BCUT2D eigenvalue weighted by molar-refractivity contribution is -0.153. The largest absolute Gasteiger partial charge is 0.465 e. The van der Waals surface area contributed by atoms with Crippen molar-refractivity contribution in [1.82, 2.24) is 0 Å². The minimum absolute atomic E-state index is 0.00537. The highest BCUT2D eigenvalue weighted by Gasteiger charge is 2.28. The molecule has 1 aliphatic rings.